The maximum Gasteiger partial charge on any atom is 0.470 e. The summed E-state index contributed by atoms with van der Waals surface area (Å²) >= 11 is 0. The van der Waals surface area contributed by atoms with Crippen molar-refractivity contribution in [2.45, 2.75) is 199 Å². The predicted octanol–water partition coefficient (Wildman–Crippen LogP) is 9.33. The number of carbonyl (C=O) groups excluding carboxylic acids is 1. The summed E-state index contributed by atoms with van der Waals surface area (Å²) in [5, 5.41) is 20.2. The first-order valence-corrected chi connectivity index (χ1v) is 18.8. The second kappa shape index (κ2) is 27.3. The highest BCUT2D eigenvalue weighted by atomic mass is 31.2. The van der Waals surface area contributed by atoms with Crippen LogP contribution >= 0.6 is 7.82 Å². The van der Waals surface area contributed by atoms with Crippen molar-refractivity contribution in [1.29, 1.82) is 0 Å². The molecule has 0 spiro atoms. The molecule has 41 heavy (non-hydrogen) atoms. The van der Waals surface area contributed by atoms with Gasteiger partial charge in [-0.1, -0.05) is 162 Å². The number of unbranched alkanes of at least 4 members (excludes halogenated alkanes) is 23. The molecule has 0 bridgehead atoms. The van der Waals surface area contributed by atoms with Gasteiger partial charge in [-0.15, -0.1) is 0 Å². The Hall–Kier alpha value is -0.300. The van der Waals surface area contributed by atoms with E-state index in [1.807, 2.05) is 0 Å². The number of Topliss-reactive ketones (excluding diaryl/α,β-unsaturated/α-hetero) is 1. The van der Waals surface area contributed by atoms with Crippen molar-refractivity contribution in [3.8, 4) is 0 Å². The van der Waals surface area contributed by atoms with Crippen LogP contribution in [0.5, 0.6) is 0 Å². The number of aliphatic hydroxyl groups excluding tert-OH is 2. The number of carbonyl (C=O) groups is 1. The molecule has 0 aromatic carbocycles. The topological polar surface area (TPSA) is 124 Å². The maximum atomic E-state index is 13.2. The Labute approximate surface area is 252 Å². The van der Waals surface area contributed by atoms with Crippen LogP contribution in [-0.4, -0.2) is 44.1 Å². The van der Waals surface area contributed by atoms with Crippen LogP contribution in [-0.2, 0) is 13.9 Å². The van der Waals surface area contributed by atoms with Crippen molar-refractivity contribution in [2.24, 2.45) is 0 Å². The summed E-state index contributed by atoms with van der Waals surface area (Å²) < 4.78 is 16.8. The first kappa shape index (κ1) is 40.7. The van der Waals surface area contributed by atoms with E-state index in [9.17, 15) is 29.4 Å². The Morgan fingerprint density at radius 3 is 1.24 bits per heavy atom. The predicted molar refractivity (Wildman–Crippen MR) is 170 cm³/mol. The van der Waals surface area contributed by atoms with Gasteiger partial charge in [0.2, 0.25) is 0 Å². The molecule has 0 amide bonds. The number of phosphoric ester groups is 1. The standard InChI is InChI=1S/C33H67O7P/c1-3-5-7-9-11-13-15-16-17-19-21-23-25-27-29-33(32(36)30-34,40-41(37,38)39)31(35)28-26-24-22-20-18-14-12-10-8-6-4-2/h32,34,36H,3-30H2,1-2H3,(H2,37,38,39). The van der Waals surface area contributed by atoms with E-state index in [4.69, 9.17) is 4.52 Å². The second-order valence-electron chi connectivity index (χ2n) is 12.2. The highest BCUT2D eigenvalue weighted by Gasteiger charge is 2.49. The van der Waals surface area contributed by atoms with Crippen molar-refractivity contribution in [3.63, 3.8) is 0 Å². The molecule has 0 aliphatic rings. The van der Waals surface area contributed by atoms with Crippen molar-refractivity contribution in [2.75, 3.05) is 6.61 Å². The number of hydrogen-bond acceptors (Lipinski definition) is 5. The van der Waals surface area contributed by atoms with Crippen LogP contribution < -0.4 is 0 Å². The molecule has 0 aromatic heterocycles. The van der Waals surface area contributed by atoms with Crippen LogP contribution in [0.4, 0.5) is 0 Å². The van der Waals surface area contributed by atoms with Gasteiger partial charge in [0.1, 0.15) is 6.10 Å². The van der Waals surface area contributed by atoms with Crippen molar-refractivity contribution >= 4 is 13.6 Å². The van der Waals surface area contributed by atoms with Crippen molar-refractivity contribution < 1.29 is 33.9 Å². The fourth-order valence-corrected chi connectivity index (χ4v) is 6.49. The molecule has 0 saturated carbocycles. The van der Waals surface area contributed by atoms with E-state index >= 15 is 0 Å². The fraction of sp³-hybridized carbons (Fsp3) is 0.970. The van der Waals surface area contributed by atoms with Gasteiger partial charge in [0.25, 0.3) is 0 Å². The molecule has 0 heterocycles. The lowest BCUT2D eigenvalue weighted by atomic mass is 9.84. The zero-order chi connectivity index (χ0) is 30.7. The number of aliphatic hydroxyl groups is 2. The van der Waals surface area contributed by atoms with Gasteiger partial charge < -0.3 is 20.0 Å². The van der Waals surface area contributed by atoms with Crippen LogP contribution in [0, 0.1) is 0 Å². The Bertz CT molecular complexity index is 639. The zero-order valence-electron chi connectivity index (χ0n) is 26.8. The minimum absolute atomic E-state index is 0.00523. The molecule has 0 aliphatic heterocycles. The molecule has 0 saturated heterocycles. The van der Waals surface area contributed by atoms with E-state index in [-0.39, 0.29) is 12.8 Å². The molecule has 4 N–H and O–H groups in total. The van der Waals surface area contributed by atoms with E-state index in [2.05, 4.69) is 13.8 Å². The molecule has 0 fully saturated rings. The lowest BCUT2D eigenvalue weighted by molar-refractivity contribution is -0.153. The lowest BCUT2D eigenvalue weighted by Crippen LogP contribution is -2.52. The van der Waals surface area contributed by atoms with E-state index in [0.717, 1.165) is 44.9 Å². The molecule has 246 valence electrons. The summed E-state index contributed by atoms with van der Waals surface area (Å²) in [4.78, 5) is 32.4. The zero-order valence-corrected chi connectivity index (χ0v) is 27.7. The third-order valence-corrected chi connectivity index (χ3v) is 8.94. The normalized spacial score (nSPS) is 14.3. The Kier molecular flexibility index (Phi) is 27.1. The minimum Gasteiger partial charge on any atom is -0.394 e. The Balaban J connectivity index is 4.41. The second-order valence-corrected chi connectivity index (χ2v) is 13.4. The third kappa shape index (κ3) is 22.8. The first-order chi connectivity index (χ1) is 19.7. The van der Waals surface area contributed by atoms with E-state index in [1.54, 1.807) is 0 Å². The monoisotopic (exact) mass is 606 g/mol. The molecular weight excluding hydrogens is 539 g/mol. The number of hydrogen-bond donors (Lipinski definition) is 4. The molecule has 2 atom stereocenters. The molecule has 0 aliphatic carbocycles. The minimum atomic E-state index is -5.06. The summed E-state index contributed by atoms with van der Waals surface area (Å²) in [6.45, 7) is 3.67. The highest BCUT2D eigenvalue weighted by molar-refractivity contribution is 7.46. The first-order valence-electron chi connectivity index (χ1n) is 17.3. The van der Waals surface area contributed by atoms with Gasteiger partial charge in [-0.2, -0.15) is 0 Å². The molecule has 0 radical (unpaired) electrons. The SMILES string of the molecule is CCCCCCCCCCCCCCCCC(OP(=O)(O)O)(C(=O)CCCCCCCCCCCCC)C(O)CO. The van der Waals surface area contributed by atoms with Gasteiger partial charge in [0.15, 0.2) is 11.4 Å². The molecule has 0 rings (SSSR count). The van der Waals surface area contributed by atoms with Crippen LogP contribution in [0.1, 0.15) is 187 Å². The van der Waals surface area contributed by atoms with Crippen LogP contribution in [0.15, 0.2) is 0 Å². The average molecular weight is 607 g/mol. The highest BCUT2D eigenvalue weighted by Crippen LogP contribution is 2.45. The van der Waals surface area contributed by atoms with Gasteiger partial charge in [-0.3, -0.25) is 9.32 Å². The van der Waals surface area contributed by atoms with E-state index in [1.165, 1.54) is 103 Å². The Morgan fingerprint density at radius 2 is 0.927 bits per heavy atom. The van der Waals surface area contributed by atoms with Gasteiger partial charge in [-0.25, -0.2) is 4.57 Å². The summed E-state index contributed by atoms with van der Waals surface area (Å²) in [5.74, 6) is -0.520. The fourth-order valence-electron chi connectivity index (χ4n) is 5.75. The number of rotatable bonds is 32. The third-order valence-electron chi connectivity index (χ3n) is 8.37. The molecule has 0 aromatic rings. The van der Waals surface area contributed by atoms with E-state index < -0.39 is 31.9 Å². The van der Waals surface area contributed by atoms with Crippen LogP contribution in [0.25, 0.3) is 0 Å². The van der Waals surface area contributed by atoms with Crippen molar-refractivity contribution in [3.05, 3.63) is 0 Å². The van der Waals surface area contributed by atoms with Gasteiger partial charge in [0, 0.05) is 6.42 Å². The largest absolute Gasteiger partial charge is 0.470 e. The molecular formula is C33H67O7P. The smallest absolute Gasteiger partial charge is 0.394 e. The van der Waals surface area contributed by atoms with Crippen LogP contribution in [0.3, 0.4) is 0 Å². The molecule has 8 heteroatoms. The quantitative estimate of drug-likeness (QED) is 0.0444. The molecule has 7 nitrogen and oxygen atoms in total. The summed E-state index contributed by atoms with van der Waals surface area (Å²) in [7, 11) is -5.06. The lowest BCUT2D eigenvalue weighted by Gasteiger charge is -2.35. The van der Waals surface area contributed by atoms with Crippen molar-refractivity contribution in [1.82, 2.24) is 0 Å². The average Bonchev–Trinajstić information content (AvgIpc) is 2.94. The van der Waals surface area contributed by atoms with Gasteiger partial charge in [-0.05, 0) is 19.3 Å². The number of ketones is 1. The van der Waals surface area contributed by atoms with Gasteiger partial charge in [0.05, 0.1) is 6.61 Å². The summed E-state index contributed by atoms with van der Waals surface area (Å²) in [6, 6.07) is 0. The van der Waals surface area contributed by atoms with Crippen LogP contribution in [0.2, 0.25) is 0 Å². The number of phosphoric acid groups is 1. The van der Waals surface area contributed by atoms with Gasteiger partial charge >= 0.3 is 7.82 Å². The summed E-state index contributed by atoms with van der Waals surface area (Å²) in [5.41, 5.74) is -2.07. The maximum absolute atomic E-state index is 13.2. The molecule has 2 unspecified atom stereocenters. The Morgan fingerprint density at radius 1 is 0.610 bits per heavy atom. The van der Waals surface area contributed by atoms with E-state index in [0.29, 0.717) is 12.8 Å². The summed E-state index contributed by atoms with van der Waals surface area (Å²) in [6.07, 6.45) is 27.1.